The molecule has 20 heavy (non-hydrogen) atoms. The van der Waals surface area contributed by atoms with Crippen LogP contribution in [-0.2, 0) is 11.3 Å². The zero-order valence-corrected chi connectivity index (χ0v) is 12.9. The Bertz CT molecular complexity index is 465. The van der Waals surface area contributed by atoms with Crippen LogP contribution in [0.2, 0.25) is 0 Å². The Morgan fingerprint density at radius 3 is 3.00 bits per heavy atom. The molecule has 3 aliphatic rings. The van der Waals surface area contributed by atoms with Gasteiger partial charge < -0.3 is 10.1 Å². The molecule has 1 unspecified atom stereocenters. The van der Waals surface area contributed by atoms with Crippen molar-refractivity contribution in [3.63, 3.8) is 0 Å². The molecule has 1 aliphatic heterocycles. The molecule has 1 aromatic heterocycles. The Kier molecular flexibility index (Phi) is 3.57. The molecule has 0 aromatic carbocycles. The summed E-state index contributed by atoms with van der Waals surface area (Å²) in [4.78, 5) is 6.02. The van der Waals surface area contributed by atoms with Gasteiger partial charge in [-0.1, -0.05) is 0 Å². The lowest BCUT2D eigenvalue weighted by atomic mass is 9.72. The number of hydrogen-bond acceptors (Lipinski definition) is 4. The largest absolute Gasteiger partial charge is 0.375 e. The molecule has 2 aliphatic carbocycles. The number of nitrogens with zero attached hydrogens (tertiary/aromatic N) is 1. The zero-order valence-electron chi connectivity index (χ0n) is 12.1. The molecule has 2 saturated carbocycles. The Morgan fingerprint density at radius 1 is 1.35 bits per heavy atom. The van der Waals surface area contributed by atoms with E-state index in [2.05, 4.69) is 10.3 Å². The monoisotopic (exact) mass is 292 g/mol. The van der Waals surface area contributed by atoms with Crippen molar-refractivity contribution in [2.24, 2.45) is 5.92 Å². The lowest BCUT2D eigenvalue weighted by molar-refractivity contribution is -0.142. The lowest BCUT2D eigenvalue weighted by Crippen LogP contribution is -2.47. The van der Waals surface area contributed by atoms with Gasteiger partial charge in [0, 0.05) is 23.9 Å². The molecule has 0 bridgehead atoms. The van der Waals surface area contributed by atoms with Crippen molar-refractivity contribution >= 4 is 11.3 Å². The van der Waals surface area contributed by atoms with Gasteiger partial charge in [0.25, 0.3) is 0 Å². The third-order valence-electron chi connectivity index (χ3n) is 5.21. The number of rotatable bonds is 5. The Balaban J connectivity index is 1.27. The second-order valence-electron chi connectivity index (χ2n) is 6.81. The van der Waals surface area contributed by atoms with E-state index in [9.17, 15) is 0 Å². The lowest BCUT2D eigenvalue weighted by Gasteiger charge is -2.47. The maximum absolute atomic E-state index is 6.01. The van der Waals surface area contributed by atoms with Gasteiger partial charge in [0.1, 0.15) is 0 Å². The number of hydrogen-bond donors (Lipinski definition) is 1. The van der Waals surface area contributed by atoms with E-state index in [0.717, 1.165) is 31.5 Å². The van der Waals surface area contributed by atoms with E-state index in [-0.39, 0.29) is 5.60 Å². The maximum Gasteiger partial charge on any atom is 0.0798 e. The first kappa shape index (κ1) is 13.2. The molecule has 1 saturated heterocycles. The molecule has 4 heteroatoms. The summed E-state index contributed by atoms with van der Waals surface area (Å²) >= 11 is 1.82. The van der Waals surface area contributed by atoms with Crippen LogP contribution in [0, 0.1) is 5.92 Å². The second kappa shape index (κ2) is 5.39. The van der Waals surface area contributed by atoms with Gasteiger partial charge in [-0.05, 0) is 57.4 Å². The summed E-state index contributed by atoms with van der Waals surface area (Å²) in [6.45, 7) is 3.13. The Morgan fingerprint density at radius 2 is 2.25 bits per heavy atom. The number of ether oxygens (including phenoxy) is 1. The van der Waals surface area contributed by atoms with E-state index < -0.39 is 0 Å². The quantitative estimate of drug-likeness (QED) is 0.902. The normalized spacial score (nSPS) is 28.5. The van der Waals surface area contributed by atoms with Crippen molar-refractivity contribution in [3.05, 3.63) is 16.1 Å². The molecule has 3 fully saturated rings. The number of thiazole rings is 1. The fourth-order valence-electron chi connectivity index (χ4n) is 3.71. The van der Waals surface area contributed by atoms with Crippen molar-refractivity contribution < 1.29 is 4.74 Å². The smallest absolute Gasteiger partial charge is 0.0798 e. The van der Waals surface area contributed by atoms with Crippen molar-refractivity contribution in [3.8, 4) is 0 Å². The first-order valence-corrected chi connectivity index (χ1v) is 9.00. The fourth-order valence-corrected chi connectivity index (χ4v) is 4.53. The summed E-state index contributed by atoms with van der Waals surface area (Å²) in [5.74, 6) is 1.58. The van der Waals surface area contributed by atoms with Crippen LogP contribution in [0.4, 0.5) is 0 Å². The van der Waals surface area contributed by atoms with Gasteiger partial charge in [-0.2, -0.15) is 0 Å². The average molecular weight is 292 g/mol. The molecule has 2 heterocycles. The van der Waals surface area contributed by atoms with Crippen molar-refractivity contribution in [2.45, 2.75) is 63.0 Å². The van der Waals surface area contributed by atoms with Crippen LogP contribution in [-0.4, -0.2) is 23.7 Å². The van der Waals surface area contributed by atoms with Crippen LogP contribution in [0.3, 0.4) is 0 Å². The first-order chi connectivity index (χ1) is 9.85. The number of aromatic nitrogens is 1. The molecule has 1 aromatic rings. The van der Waals surface area contributed by atoms with Crippen LogP contribution >= 0.6 is 11.3 Å². The van der Waals surface area contributed by atoms with Crippen molar-refractivity contribution in [1.82, 2.24) is 10.3 Å². The molecular formula is C16H24N2OS. The van der Waals surface area contributed by atoms with Gasteiger partial charge in [0.15, 0.2) is 0 Å². The average Bonchev–Trinajstić information content (AvgIpc) is 3.17. The molecule has 0 amide bonds. The summed E-state index contributed by atoms with van der Waals surface area (Å²) in [6.07, 6.45) is 9.16. The van der Waals surface area contributed by atoms with E-state index in [1.807, 2.05) is 16.8 Å². The van der Waals surface area contributed by atoms with Gasteiger partial charge in [0.05, 0.1) is 16.8 Å². The van der Waals surface area contributed by atoms with Crippen molar-refractivity contribution in [1.29, 1.82) is 0 Å². The molecule has 1 N–H and O–H groups in total. The highest BCUT2D eigenvalue weighted by atomic mass is 32.1. The minimum atomic E-state index is 0.286. The Labute approximate surface area is 125 Å². The fraction of sp³-hybridized carbons (Fsp3) is 0.812. The summed E-state index contributed by atoms with van der Waals surface area (Å²) < 4.78 is 6.01. The highest BCUT2D eigenvalue weighted by Crippen LogP contribution is 2.44. The molecule has 1 spiro atoms. The summed E-state index contributed by atoms with van der Waals surface area (Å²) in [7, 11) is 0. The topological polar surface area (TPSA) is 34.2 Å². The minimum absolute atomic E-state index is 0.286. The van der Waals surface area contributed by atoms with Crippen LogP contribution in [0.5, 0.6) is 0 Å². The first-order valence-electron chi connectivity index (χ1n) is 8.12. The summed E-state index contributed by atoms with van der Waals surface area (Å²) in [5.41, 5.74) is 3.68. The van der Waals surface area contributed by atoms with Crippen LogP contribution < -0.4 is 5.32 Å². The van der Waals surface area contributed by atoms with Crippen molar-refractivity contribution in [2.75, 3.05) is 13.2 Å². The van der Waals surface area contributed by atoms with Gasteiger partial charge in [-0.25, -0.2) is 4.98 Å². The predicted molar refractivity (Wildman–Crippen MR) is 81.1 cm³/mol. The molecule has 1 atom stereocenters. The summed E-state index contributed by atoms with van der Waals surface area (Å²) in [6, 6.07) is 0. The molecular weight excluding hydrogens is 268 g/mol. The van der Waals surface area contributed by atoms with Gasteiger partial charge >= 0.3 is 0 Å². The molecule has 4 rings (SSSR count). The third kappa shape index (κ3) is 2.66. The van der Waals surface area contributed by atoms with Gasteiger partial charge in [-0.15, -0.1) is 11.3 Å². The zero-order chi connectivity index (χ0) is 13.4. The van der Waals surface area contributed by atoms with E-state index >= 15 is 0 Å². The van der Waals surface area contributed by atoms with E-state index in [4.69, 9.17) is 4.74 Å². The van der Waals surface area contributed by atoms with Gasteiger partial charge in [-0.3, -0.25) is 0 Å². The summed E-state index contributed by atoms with van der Waals surface area (Å²) in [5, 5.41) is 3.68. The van der Waals surface area contributed by atoms with Crippen LogP contribution in [0.1, 0.15) is 61.4 Å². The van der Waals surface area contributed by atoms with E-state index in [0.29, 0.717) is 0 Å². The molecule has 3 nitrogen and oxygen atoms in total. The Hall–Kier alpha value is -0.450. The van der Waals surface area contributed by atoms with E-state index in [1.165, 1.54) is 55.5 Å². The SMILES string of the molecule is c1nc(C2CC2)c(CNCC2CCOC3(CCC3)C2)s1. The van der Waals surface area contributed by atoms with Gasteiger partial charge in [0.2, 0.25) is 0 Å². The standard InChI is InChI=1S/C16H24N2OS/c1-5-16(6-1)8-12(4-7-19-16)9-17-10-14-15(13-2-3-13)18-11-20-14/h11-13,17H,1-10H2. The number of nitrogens with one attached hydrogen (secondary N) is 1. The molecule has 0 radical (unpaired) electrons. The van der Waals surface area contributed by atoms with E-state index in [1.54, 1.807) is 0 Å². The third-order valence-corrected chi connectivity index (χ3v) is 6.06. The highest BCUT2D eigenvalue weighted by molar-refractivity contribution is 7.09. The highest BCUT2D eigenvalue weighted by Gasteiger charge is 2.42. The minimum Gasteiger partial charge on any atom is -0.375 e. The van der Waals surface area contributed by atoms with Crippen LogP contribution in [0.15, 0.2) is 5.51 Å². The molecule has 110 valence electrons. The predicted octanol–water partition coefficient (Wildman–Crippen LogP) is 3.46. The van der Waals surface area contributed by atoms with Crippen LogP contribution in [0.25, 0.3) is 0 Å². The second-order valence-corrected chi connectivity index (χ2v) is 7.75. The maximum atomic E-state index is 6.01.